The molecule has 0 radical (unpaired) electrons. The minimum absolute atomic E-state index is 0.0503. The van der Waals surface area contributed by atoms with Crippen molar-refractivity contribution in [1.82, 2.24) is 10.6 Å². The Bertz CT molecular complexity index is 470. The summed E-state index contributed by atoms with van der Waals surface area (Å²) in [5, 5.41) is 6.33. The molecular weight excluding hydrogens is 244 g/mol. The van der Waals surface area contributed by atoms with Crippen LogP contribution in [-0.4, -0.2) is 38.3 Å². The Morgan fingerprint density at radius 2 is 2.11 bits per heavy atom. The Hall–Kier alpha value is -1.75. The number of nitrogens with one attached hydrogen (secondary N) is 2. The van der Waals surface area contributed by atoms with Crippen LogP contribution in [0.1, 0.15) is 23.2 Å². The molecule has 2 heterocycles. The zero-order chi connectivity index (χ0) is 13.1. The van der Waals surface area contributed by atoms with E-state index in [-0.39, 0.29) is 11.9 Å². The Kier molecular flexibility index (Phi) is 3.55. The standard InChI is InChI=1S/C14H18N2O3/c17-14(16-11-2-1-5-15-9-11)10-3-4-12-13(8-10)19-7-6-18-12/h3-4,8,11,15H,1-2,5-7,9H2,(H,16,17)/t11-/m0/s1. The van der Waals surface area contributed by atoms with Gasteiger partial charge in [0, 0.05) is 18.2 Å². The van der Waals surface area contributed by atoms with Gasteiger partial charge in [-0.15, -0.1) is 0 Å². The number of piperidine rings is 1. The van der Waals surface area contributed by atoms with Crippen LogP contribution in [0.2, 0.25) is 0 Å². The van der Waals surface area contributed by atoms with Gasteiger partial charge in [-0.25, -0.2) is 0 Å². The molecule has 0 aromatic heterocycles. The van der Waals surface area contributed by atoms with Gasteiger partial charge < -0.3 is 20.1 Å². The van der Waals surface area contributed by atoms with Gasteiger partial charge in [0.2, 0.25) is 0 Å². The first-order valence-electron chi connectivity index (χ1n) is 6.74. The molecule has 102 valence electrons. The lowest BCUT2D eigenvalue weighted by Gasteiger charge is -2.24. The van der Waals surface area contributed by atoms with Crippen molar-refractivity contribution in [2.45, 2.75) is 18.9 Å². The summed E-state index contributed by atoms with van der Waals surface area (Å²) in [6, 6.07) is 5.54. The first kappa shape index (κ1) is 12.3. The topological polar surface area (TPSA) is 59.6 Å². The SMILES string of the molecule is O=C(N[C@H]1CCCNC1)c1ccc2c(c1)OCCO2. The number of hydrogen-bond donors (Lipinski definition) is 2. The molecule has 1 aromatic carbocycles. The minimum atomic E-state index is -0.0503. The molecule has 5 nitrogen and oxygen atoms in total. The van der Waals surface area contributed by atoms with Gasteiger partial charge >= 0.3 is 0 Å². The van der Waals surface area contributed by atoms with Crippen LogP contribution in [-0.2, 0) is 0 Å². The maximum Gasteiger partial charge on any atom is 0.251 e. The van der Waals surface area contributed by atoms with Gasteiger partial charge in [0.05, 0.1) is 0 Å². The molecular formula is C14H18N2O3. The highest BCUT2D eigenvalue weighted by molar-refractivity contribution is 5.95. The molecule has 2 aliphatic heterocycles. The van der Waals surface area contributed by atoms with E-state index in [1.807, 2.05) is 0 Å². The van der Waals surface area contributed by atoms with Crippen molar-refractivity contribution in [2.75, 3.05) is 26.3 Å². The van der Waals surface area contributed by atoms with E-state index >= 15 is 0 Å². The minimum Gasteiger partial charge on any atom is -0.486 e. The van der Waals surface area contributed by atoms with Crippen molar-refractivity contribution >= 4 is 5.91 Å². The highest BCUT2D eigenvalue weighted by Gasteiger charge is 2.18. The largest absolute Gasteiger partial charge is 0.486 e. The number of hydrogen-bond acceptors (Lipinski definition) is 4. The van der Waals surface area contributed by atoms with Crippen LogP contribution < -0.4 is 20.1 Å². The number of benzene rings is 1. The van der Waals surface area contributed by atoms with Crippen LogP contribution in [0, 0.1) is 0 Å². The van der Waals surface area contributed by atoms with E-state index in [0.29, 0.717) is 30.3 Å². The maximum atomic E-state index is 12.2. The van der Waals surface area contributed by atoms with Crippen molar-refractivity contribution in [1.29, 1.82) is 0 Å². The zero-order valence-corrected chi connectivity index (χ0v) is 10.8. The average Bonchev–Trinajstić information content (AvgIpc) is 2.48. The first-order chi connectivity index (χ1) is 9.33. The Labute approximate surface area is 112 Å². The quantitative estimate of drug-likeness (QED) is 0.833. The molecule has 19 heavy (non-hydrogen) atoms. The summed E-state index contributed by atoms with van der Waals surface area (Å²) in [5.41, 5.74) is 0.620. The lowest BCUT2D eigenvalue weighted by atomic mass is 10.1. The third-order valence-electron chi connectivity index (χ3n) is 3.44. The van der Waals surface area contributed by atoms with E-state index in [1.165, 1.54) is 0 Å². The summed E-state index contributed by atoms with van der Waals surface area (Å²) in [5.74, 6) is 1.31. The smallest absolute Gasteiger partial charge is 0.251 e. The summed E-state index contributed by atoms with van der Waals surface area (Å²) in [6.07, 6.45) is 2.13. The van der Waals surface area contributed by atoms with Gasteiger partial charge in [-0.05, 0) is 37.6 Å². The Morgan fingerprint density at radius 1 is 1.26 bits per heavy atom. The summed E-state index contributed by atoms with van der Waals surface area (Å²) in [7, 11) is 0. The molecule has 1 atom stereocenters. The van der Waals surface area contributed by atoms with Gasteiger partial charge in [0.15, 0.2) is 11.5 Å². The number of amides is 1. The van der Waals surface area contributed by atoms with Crippen LogP contribution >= 0.6 is 0 Å². The van der Waals surface area contributed by atoms with Crippen molar-refractivity contribution in [3.63, 3.8) is 0 Å². The molecule has 1 saturated heterocycles. The number of ether oxygens (including phenoxy) is 2. The van der Waals surface area contributed by atoms with Crippen molar-refractivity contribution in [3.8, 4) is 11.5 Å². The summed E-state index contributed by atoms with van der Waals surface area (Å²) < 4.78 is 10.9. The second-order valence-electron chi connectivity index (χ2n) is 4.88. The normalized spacial score (nSPS) is 21.8. The van der Waals surface area contributed by atoms with Crippen molar-refractivity contribution in [2.24, 2.45) is 0 Å². The van der Waals surface area contributed by atoms with Crippen LogP contribution in [0.25, 0.3) is 0 Å². The van der Waals surface area contributed by atoms with E-state index in [0.717, 1.165) is 25.9 Å². The van der Waals surface area contributed by atoms with E-state index in [4.69, 9.17) is 9.47 Å². The highest BCUT2D eigenvalue weighted by Crippen LogP contribution is 2.30. The van der Waals surface area contributed by atoms with Crippen LogP contribution in [0.5, 0.6) is 11.5 Å². The second kappa shape index (κ2) is 5.48. The summed E-state index contributed by atoms with van der Waals surface area (Å²) in [6.45, 7) is 2.98. The molecule has 0 aliphatic carbocycles. The zero-order valence-electron chi connectivity index (χ0n) is 10.8. The van der Waals surface area contributed by atoms with Crippen LogP contribution in [0.15, 0.2) is 18.2 Å². The fourth-order valence-corrected chi connectivity index (χ4v) is 2.43. The molecule has 0 unspecified atom stereocenters. The van der Waals surface area contributed by atoms with Gasteiger partial charge in [-0.3, -0.25) is 4.79 Å². The monoisotopic (exact) mass is 262 g/mol. The number of carbonyl (C=O) groups excluding carboxylic acids is 1. The molecule has 2 N–H and O–H groups in total. The summed E-state index contributed by atoms with van der Waals surface area (Å²) in [4.78, 5) is 12.2. The molecule has 1 fully saturated rings. The predicted molar refractivity (Wildman–Crippen MR) is 70.8 cm³/mol. The van der Waals surface area contributed by atoms with Gasteiger partial charge in [-0.1, -0.05) is 0 Å². The van der Waals surface area contributed by atoms with Crippen molar-refractivity contribution in [3.05, 3.63) is 23.8 Å². The average molecular weight is 262 g/mol. The Morgan fingerprint density at radius 3 is 2.89 bits per heavy atom. The number of carbonyl (C=O) groups is 1. The van der Waals surface area contributed by atoms with Crippen LogP contribution in [0.4, 0.5) is 0 Å². The van der Waals surface area contributed by atoms with E-state index in [2.05, 4.69) is 10.6 Å². The maximum absolute atomic E-state index is 12.2. The lowest BCUT2D eigenvalue weighted by Crippen LogP contribution is -2.45. The third-order valence-corrected chi connectivity index (χ3v) is 3.44. The Balaban J connectivity index is 1.69. The van der Waals surface area contributed by atoms with Crippen LogP contribution in [0.3, 0.4) is 0 Å². The van der Waals surface area contributed by atoms with E-state index in [9.17, 15) is 4.79 Å². The molecule has 1 amide bonds. The van der Waals surface area contributed by atoms with E-state index in [1.54, 1.807) is 18.2 Å². The van der Waals surface area contributed by atoms with E-state index < -0.39 is 0 Å². The van der Waals surface area contributed by atoms with Crippen molar-refractivity contribution < 1.29 is 14.3 Å². The molecule has 0 spiro atoms. The van der Waals surface area contributed by atoms with Gasteiger partial charge in [0.1, 0.15) is 13.2 Å². The number of rotatable bonds is 2. The summed E-state index contributed by atoms with van der Waals surface area (Å²) >= 11 is 0. The fraction of sp³-hybridized carbons (Fsp3) is 0.500. The molecule has 0 saturated carbocycles. The molecule has 5 heteroatoms. The molecule has 0 bridgehead atoms. The van der Waals surface area contributed by atoms with Gasteiger partial charge in [-0.2, -0.15) is 0 Å². The number of fused-ring (bicyclic) bond motifs is 1. The molecule has 2 aliphatic rings. The highest BCUT2D eigenvalue weighted by atomic mass is 16.6. The first-order valence-corrected chi connectivity index (χ1v) is 6.74. The molecule has 1 aromatic rings. The third kappa shape index (κ3) is 2.81. The fourth-order valence-electron chi connectivity index (χ4n) is 2.43. The second-order valence-corrected chi connectivity index (χ2v) is 4.88. The molecule has 3 rings (SSSR count). The lowest BCUT2D eigenvalue weighted by molar-refractivity contribution is 0.0929. The van der Waals surface area contributed by atoms with Gasteiger partial charge in [0.25, 0.3) is 5.91 Å². The predicted octanol–water partition coefficient (Wildman–Crippen LogP) is 0.940.